The molecule has 0 spiro atoms. The third-order valence-electron chi connectivity index (χ3n) is 2.36. The van der Waals surface area contributed by atoms with Crippen molar-refractivity contribution in [2.75, 3.05) is 7.11 Å². The largest absolute Gasteiger partial charge is 0.496 e. The van der Waals surface area contributed by atoms with Gasteiger partial charge >= 0.3 is 0 Å². The summed E-state index contributed by atoms with van der Waals surface area (Å²) < 4.78 is 5.26. The summed E-state index contributed by atoms with van der Waals surface area (Å²) in [5, 5.41) is -0.355. The lowest BCUT2D eigenvalue weighted by Gasteiger charge is -2.12. The first-order valence-corrected chi connectivity index (χ1v) is 5.31. The lowest BCUT2D eigenvalue weighted by atomic mass is 9.99. The van der Waals surface area contributed by atoms with Crippen LogP contribution in [0, 0.1) is 6.92 Å². The van der Waals surface area contributed by atoms with Crippen LogP contribution in [0.3, 0.4) is 0 Å². The van der Waals surface area contributed by atoms with E-state index in [9.17, 15) is 4.79 Å². The standard InChI is InChI=1S/C12H15ClO2/c1-4-9-5-8(2)6-11(15-3)10(9)7-12(13)14/h5-6H,4,7H2,1-3H3. The maximum atomic E-state index is 10.9. The molecule has 0 radical (unpaired) electrons. The molecule has 0 saturated heterocycles. The number of methoxy groups -OCH3 is 1. The van der Waals surface area contributed by atoms with Gasteiger partial charge in [-0.1, -0.05) is 13.0 Å². The fourth-order valence-electron chi connectivity index (χ4n) is 1.69. The highest BCUT2D eigenvalue weighted by Crippen LogP contribution is 2.26. The van der Waals surface area contributed by atoms with E-state index in [2.05, 4.69) is 13.0 Å². The minimum atomic E-state index is -0.355. The number of ether oxygens (including phenoxy) is 1. The number of hydrogen-bond acceptors (Lipinski definition) is 2. The number of carbonyl (C=O) groups excluding carboxylic acids is 1. The van der Waals surface area contributed by atoms with Gasteiger partial charge in [0.25, 0.3) is 0 Å². The number of rotatable bonds is 4. The number of carbonyl (C=O) groups is 1. The average Bonchev–Trinajstić information content (AvgIpc) is 2.19. The second kappa shape index (κ2) is 5.17. The molecule has 0 atom stereocenters. The quantitative estimate of drug-likeness (QED) is 0.738. The first-order valence-electron chi connectivity index (χ1n) is 4.93. The van der Waals surface area contributed by atoms with Crippen LogP contribution in [0.25, 0.3) is 0 Å². The molecule has 1 rings (SSSR count). The Balaban J connectivity index is 3.23. The smallest absolute Gasteiger partial charge is 0.226 e. The van der Waals surface area contributed by atoms with E-state index in [1.54, 1.807) is 7.11 Å². The normalized spacial score (nSPS) is 10.1. The van der Waals surface area contributed by atoms with Crippen LogP contribution < -0.4 is 4.74 Å². The average molecular weight is 227 g/mol. The van der Waals surface area contributed by atoms with Gasteiger partial charge in [0.15, 0.2) is 0 Å². The molecule has 0 heterocycles. The van der Waals surface area contributed by atoms with Crippen molar-refractivity contribution in [1.82, 2.24) is 0 Å². The molecule has 0 fully saturated rings. The van der Waals surface area contributed by atoms with E-state index >= 15 is 0 Å². The molecule has 0 aliphatic carbocycles. The summed E-state index contributed by atoms with van der Waals surface area (Å²) in [5.74, 6) is 0.751. The fourth-order valence-corrected chi connectivity index (χ4v) is 1.83. The predicted molar refractivity (Wildman–Crippen MR) is 61.7 cm³/mol. The van der Waals surface area contributed by atoms with Crippen molar-refractivity contribution in [1.29, 1.82) is 0 Å². The van der Waals surface area contributed by atoms with Gasteiger partial charge in [0.05, 0.1) is 13.5 Å². The zero-order valence-corrected chi connectivity index (χ0v) is 10.0. The van der Waals surface area contributed by atoms with Crippen LogP contribution in [-0.4, -0.2) is 12.4 Å². The van der Waals surface area contributed by atoms with Crippen molar-refractivity contribution >= 4 is 16.8 Å². The van der Waals surface area contributed by atoms with E-state index < -0.39 is 0 Å². The number of aryl methyl sites for hydroxylation is 2. The summed E-state index contributed by atoms with van der Waals surface area (Å²) in [7, 11) is 1.61. The summed E-state index contributed by atoms with van der Waals surface area (Å²) >= 11 is 5.42. The van der Waals surface area contributed by atoms with Gasteiger partial charge in [-0.2, -0.15) is 0 Å². The Morgan fingerprint density at radius 2 is 2.13 bits per heavy atom. The van der Waals surface area contributed by atoms with E-state index in [-0.39, 0.29) is 11.7 Å². The lowest BCUT2D eigenvalue weighted by Crippen LogP contribution is -2.02. The molecule has 0 aromatic heterocycles. The van der Waals surface area contributed by atoms with Crippen LogP contribution in [0.5, 0.6) is 5.75 Å². The second-order valence-corrected chi connectivity index (χ2v) is 3.91. The van der Waals surface area contributed by atoms with Crippen molar-refractivity contribution in [3.05, 3.63) is 28.8 Å². The Bertz CT molecular complexity index is 347. The van der Waals surface area contributed by atoms with Crippen LogP contribution in [0.1, 0.15) is 23.6 Å². The molecule has 0 saturated carbocycles. The first-order chi connectivity index (χ1) is 7.08. The van der Waals surface area contributed by atoms with Crippen molar-refractivity contribution in [3.8, 4) is 5.75 Å². The van der Waals surface area contributed by atoms with Gasteiger partial charge in [-0.25, -0.2) is 0 Å². The van der Waals surface area contributed by atoms with Crippen LogP contribution in [-0.2, 0) is 17.6 Å². The maximum Gasteiger partial charge on any atom is 0.226 e. The Morgan fingerprint density at radius 3 is 2.60 bits per heavy atom. The van der Waals surface area contributed by atoms with Gasteiger partial charge in [-0.15, -0.1) is 0 Å². The maximum absolute atomic E-state index is 10.9. The highest BCUT2D eigenvalue weighted by Gasteiger charge is 2.12. The number of hydrogen-bond donors (Lipinski definition) is 0. The van der Waals surface area contributed by atoms with Crippen LogP contribution >= 0.6 is 11.6 Å². The third-order valence-corrected chi connectivity index (χ3v) is 2.50. The van der Waals surface area contributed by atoms with Crippen molar-refractivity contribution in [2.24, 2.45) is 0 Å². The summed E-state index contributed by atoms with van der Waals surface area (Å²) in [5.41, 5.74) is 3.17. The number of benzene rings is 1. The van der Waals surface area contributed by atoms with Crippen LogP contribution in [0.2, 0.25) is 0 Å². The molecular weight excluding hydrogens is 212 g/mol. The molecule has 0 aliphatic heterocycles. The number of halogens is 1. The molecule has 0 N–H and O–H groups in total. The molecule has 3 heteroatoms. The molecule has 0 unspecified atom stereocenters. The molecular formula is C12H15ClO2. The monoisotopic (exact) mass is 226 g/mol. The van der Waals surface area contributed by atoms with Crippen molar-refractivity contribution < 1.29 is 9.53 Å². The highest BCUT2D eigenvalue weighted by atomic mass is 35.5. The van der Waals surface area contributed by atoms with E-state index in [1.165, 1.54) is 0 Å². The van der Waals surface area contributed by atoms with Gasteiger partial charge in [-0.3, -0.25) is 4.79 Å². The van der Waals surface area contributed by atoms with Gasteiger partial charge in [0.1, 0.15) is 5.75 Å². The van der Waals surface area contributed by atoms with E-state index in [0.29, 0.717) is 0 Å². The Kier molecular flexibility index (Phi) is 4.15. The summed E-state index contributed by atoms with van der Waals surface area (Å²) in [6, 6.07) is 3.99. The van der Waals surface area contributed by atoms with E-state index in [0.717, 1.165) is 28.9 Å². The molecule has 15 heavy (non-hydrogen) atoms. The lowest BCUT2D eigenvalue weighted by molar-refractivity contribution is -0.111. The van der Waals surface area contributed by atoms with Gasteiger partial charge in [-0.05, 0) is 42.1 Å². The minimum absolute atomic E-state index is 0.230. The minimum Gasteiger partial charge on any atom is -0.496 e. The van der Waals surface area contributed by atoms with Crippen LogP contribution in [0.15, 0.2) is 12.1 Å². The molecule has 2 nitrogen and oxygen atoms in total. The second-order valence-electron chi connectivity index (χ2n) is 3.49. The molecule has 1 aromatic carbocycles. The topological polar surface area (TPSA) is 26.3 Å². The van der Waals surface area contributed by atoms with Gasteiger partial charge in [0.2, 0.25) is 5.24 Å². The van der Waals surface area contributed by atoms with Gasteiger partial charge in [0, 0.05) is 5.56 Å². The predicted octanol–water partition coefficient (Wildman–Crippen LogP) is 2.87. The Hall–Kier alpha value is -1.02. The molecule has 1 aromatic rings. The fraction of sp³-hybridized carbons (Fsp3) is 0.417. The van der Waals surface area contributed by atoms with Crippen molar-refractivity contribution in [3.63, 3.8) is 0 Å². The Morgan fingerprint density at radius 1 is 1.47 bits per heavy atom. The third kappa shape index (κ3) is 2.96. The van der Waals surface area contributed by atoms with Crippen molar-refractivity contribution in [2.45, 2.75) is 26.7 Å². The molecule has 0 aliphatic rings. The van der Waals surface area contributed by atoms with Gasteiger partial charge < -0.3 is 4.74 Å². The molecule has 82 valence electrons. The summed E-state index contributed by atoms with van der Waals surface area (Å²) in [6.07, 6.45) is 1.10. The van der Waals surface area contributed by atoms with E-state index in [1.807, 2.05) is 13.0 Å². The van der Waals surface area contributed by atoms with E-state index in [4.69, 9.17) is 16.3 Å². The van der Waals surface area contributed by atoms with Crippen LogP contribution in [0.4, 0.5) is 0 Å². The zero-order valence-electron chi connectivity index (χ0n) is 9.26. The zero-order chi connectivity index (χ0) is 11.4. The molecule has 0 amide bonds. The SMILES string of the molecule is CCc1cc(C)cc(OC)c1CC(=O)Cl. The molecule has 0 bridgehead atoms. The highest BCUT2D eigenvalue weighted by molar-refractivity contribution is 6.63. The summed E-state index contributed by atoms with van der Waals surface area (Å²) in [4.78, 5) is 10.9. The first kappa shape index (κ1) is 12.1. The Labute approximate surface area is 95.2 Å². The summed E-state index contributed by atoms with van der Waals surface area (Å²) in [6.45, 7) is 4.06.